The molecule has 0 atom stereocenters. The molecule has 0 spiro atoms. The van der Waals surface area contributed by atoms with E-state index in [0.29, 0.717) is 11.8 Å². The minimum atomic E-state index is -0.372. The lowest BCUT2D eigenvalue weighted by Crippen LogP contribution is -2.02. The van der Waals surface area contributed by atoms with E-state index in [0.717, 1.165) is 23.0 Å². The Hall–Kier alpha value is -0.440. The number of nitrogens with zero attached hydrogens (tertiary/aromatic N) is 1. The number of aromatic nitrogens is 1. The quantitative estimate of drug-likeness (QED) is 0.731. The van der Waals surface area contributed by atoms with E-state index in [1.54, 1.807) is 0 Å². The Morgan fingerprint density at radius 2 is 2.14 bits per heavy atom. The second-order valence-corrected chi connectivity index (χ2v) is 5.01. The average Bonchev–Trinajstić information content (AvgIpc) is 2.82. The molecule has 1 aromatic heterocycles. The van der Waals surface area contributed by atoms with Crippen molar-refractivity contribution in [2.75, 3.05) is 0 Å². The van der Waals surface area contributed by atoms with Crippen molar-refractivity contribution in [1.29, 1.82) is 0 Å². The molecule has 14 heavy (non-hydrogen) atoms. The van der Waals surface area contributed by atoms with Gasteiger partial charge in [-0.25, -0.2) is 4.98 Å². The highest BCUT2D eigenvalue weighted by atomic mass is 79.9. The maximum atomic E-state index is 13.1. The summed E-state index contributed by atoms with van der Waals surface area (Å²) in [4.78, 5) is 4.02. The van der Waals surface area contributed by atoms with Crippen molar-refractivity contribution in [3.8, 4) is 0 Å². The molecule has 1 aliphatic carbocycles. The van der Waals surface area contributed by atoms with Crippen molar-refractivity contribution in [3.63, 3.8) is 0 Å². The highest BCUT2D eigenvalue weighted by Gasteiger charge is 2.30. The molecule has 1 aromatic rings. The fourth-order valence-electron chi connectivity index (χ4n) is 1.75. The molecule has 2 rings (SSSR count). The standard InChI is InChI=1S/C11H13BrFN/c1-6(2)10-8(12)5-9(13)14-11(10)7-3-4-7/h5-7H,3-4H2,1-2H3. The lowest BCUT2D eigenvalue weighted by molar-refractivity contribution is 0.571. The molecule has 0 bridgehead atoms. The van der Waals surface area contributed by atoms with E-state index < -0.39 is 0 Å². The first-order valence-corrected chi connectivity index (χ1v) is 5.74. The van der Waals surface area contributed by atoms with E-state index >= 15 is 0 Å². The summed E-state index contributed by atoms with van der Waals surface area (Å²) in [5, 5.41) is 0. The van der Waals surface area contributed by atoms with Crippen molar-refractivity contribution in [2.45, 2.75) is 38.5 Å². The molecule has 0 radical (unpaired) electrons. The van der Waals surface area contributed by atoms with E-state index in [2.05, 4.69) is 34.8 Å². The second-order valence-electron chi connectivity index (χ2n) is 4.15. The number of pyridine rings is 1. The summed E-state index contributed by atoms with van der Waals surface area (Å²) in [7, 11) is 0. The van der Waals surface area contributed by atoms with Crippen molar-refractivity contribution >= 4 is 15.9 Å². The molecular weight excluding hydrogens is 245 g/mol. The fourth-order valence-corrected chi connectivity index (χ4v) is 2.60. The molecule has 0 aromatic carbocycles. The largest absolute Gasteiger partial charge is 0.224 e. The molecule has 76 valence electrons. The maximum Gasteiger partial charge on any atom is 0.214 e. The Bertz CT molecular complexity index is 359. The van der Waals surface area contributed by atoms with Crippen LogP contribution in [-0.4, -0.2) is 4.98 Å². The SMILES string of the molecule is CC(C)c1c(Br)cc(F)nc1C1CC1. The number of halogens is 2. The summed E-state index contributed by atoms with van der Waals surface area (Å²) in [6.45, 7) is 4.23. The monoisotopic (exact) mass is 257 g/mol. The molecule has 0 N–H and O–H groups in total. The van der Waals surface area contributed by atoms with E-state index in [1.807, 2.05) is 0 Å². The second kappa shape index (κ2) is 3.61. The predicted molar refractivity (Wildman–Crippen MR) is 58.0 cm³/mol. The Morgan fingerprint density at radius 1 is 1.50 bits per heavy atom. The Morgan fingerprint density at radius 3 is 2.64 bits per heavy atom. The molecular formula is C11H13BrFN. The van der Waals surface area contributed by atoms with Crippen molar-refractivity contribution in [3.05, 3.63) is 27.7 Å². The topological polar surface area (TPSA) is 12.9 Å². The van der Waals surface area contributed by atoms with E-state index in [1.165, 1.54) is 11.6 Å². The van der Waals surface area contributed by atoms with Gasteiger partial charge < -0.3 is 0 Å². The van der Waals surface area contributed by atoms with Crippen LogP contribution in [0.2, 0.25) is 0 Å². The normalized spacial score (nSPS) is 16.4. The molecule has 1 saturated carbocycles. The minimum absolute atomic E-state index is 0.372. The van der Waals surface area contributed by atoms with Gasteiger partial charge >= 0.3 is 0 Å². The summed E-state index contributed by atoms with van der Waals surface area (Å²) < 4.78 is 14.0. The smallest absolute Gasteiger partial charge is 0.214 e. The first-order chi connectivity index (χ1) is 6.59. The average molecular weight is 258 g/mol. The molecule has 1 aliphatic rings. The van der Waals surface area contributed by atoms with Gasteiger partial charge in [-0.05, 0) is 24.3 Å². The van der Waals surface area contributed by atoms with Gasteiger partial charge in [-0.1, -0.05) is 29.8 Å². The minimum Gasteiger partial charge on any atom is -0.224 e. The summed E-state index contributed by atoms with van der Waals surface area (Å²) in [6, 6.07) is 1.46. The van der Waals surface area contributed by atoms with Gasteiger partial charge in [-0.15, -0.1) is 0 Å². The van der Waals surface area contributed by atoms with Gasteiger partial charge in [-0.3, -0.25) is 0 Å². The summed E-state index contributed by atoms with van der Waals surface area (Å²) in [6.07, 6.45) is 2.31. The van der Waals surface area contributed by atoms with E-state index in [4.69, 9.17) is 0 Å². The van der Waals surface area contributed by atoms with Gasteiger partial charge in [0.2, 0.25) is 5.95 Å². The van der Waals surface area contributed by atoms with Crippen molar-refractivity contribution in [2.24, 2.45) is 0 Å². The molecule has 1 nitrogen and oxygen atoms in total. The number of rotatable bonds is 2. The van der Waals surface area contributed by atoms with Crippen LogP contribution in [0.1, 0.15) is 49.8 Å². The van der Waals surface area contributed by atoms with Gasteiger partial charge in [0.15, 0.2) is 0 Å². The zero-order valence-electron chi connectivity index (χ0n) is 8.35. The molecule has 0 amide bonds. The lowest BCUT2D eigenvalue weighted by Gasteiger charge is -2.13. The summed E-state index contributed by atoms with van der Waals surface area (Å²) in [5.41, 5.74) is 2.14. The highest BCUT2D eigenvalue weighted by Crippen LogP contribution is 2.44. The van der Waals surface area contributed by atoms with Crippen LogP contribution in [0, 0.1) is 5.95 Å². The number of hydrogen-bond donors (Lipinski definition) is 0. The predicted octanol–water partition coefficient (Wildman–Crippen LogP) is 3.98. The fraction of sp³-hybridized carbons (Fsp3) is 0.545. The molecule has 0 saturated heterocycles. The van der Waals surface area contributed by atoms with Gasteiger partial charge in [0.25, 0.3) is 0 Å². The van der Waals surface area contributed by atoms with Gasteiger partial charge in [0.1, 0.15) is 0 Å². The zero-order valence-corrected chi connectivity index (χ0v) is 9.94. The first kappa shape index (κ1) is 10.1. The Labute approximate surface area is 91.9 Å². The van der Waals surface area contributed by atoms with Crippen LogP contribution in [0.25, 0.3) is 0 Å². The lowest BCUT2D eigenvalue weighted by atomic mass is 9.99. The molecule has 0 aliphatic heterocycles. The third-order valence-electron chi connectivity index (χ3n) is 2.55. The van der Waals surface area contributed by atoms with E-state index in [9.17, 15) is 4.39 Å². The summed E-state index contributed by atoms with van der Waals surface area (Å²) >= 11 is 3.41. The van der Waals surface area contributed by atoms with Crippen LogP contribution in [0.5, 0.6) is 0 Å². The van der Waals surface area contributed by atoms with E-state index in [-0.39, 0.29) is 5.95 Å². The van der Waals surface area contributed by atoms with Gasteiger partial charge in [0, 0.05) is 16.5 Å². The van der Waals surface area contributed by atoms with Crippen LogP contribution >= 0.6 is 15.9 Å². The number of hydrogen-bond acceptors (Lipinski definition) is 1. The Balaban J connectivity index is 2.53. The Kier molecular flexibility index (Phi) is 2.60. The van der Waals surface area contributed by atoms with Crippen LogP contribution in [0.3, 0.4) is 0 Å². The van der Waals surface area contributed by atoms with Crippen molar-refractivity contribution < 1.29 is 4.39 Å². The van der Waals surface area contributed by atoms with Crippen LogP contribution < -0.4 is 0 Å². The van der Waals surface area contributed by atoms with Gasteiger partial charge in [-0.2, -0.15) is 4.39 Å². The maximum absolute atomic E-state index is 13.1. The van der Waals surface area contributed by atoms with Crippen LogP contribution in [0.4, 0.5) is 4.39 Å². The molecule has 1 fully saturated rings. The zero-order chi connectivity index (χ0) is 10.3. The van der Waals surface area contributed by atoms with Crippen LogP contribution in [0.15, 0.2) is 10.5 Å². The highest BCUT2D eigenvalue weighted by molar-refractivity contribution is 9.10. The third-order valence-corrected chi connectivity index (χ3v) is 3.20. The van der Waals surface area contributed by atoms with Gasteiger partial charge in [0.05, 0.1) is 5.69 Å². The summed E-state index contributed by atoms with van der Waals surface area (Å²) in [5.74, 6) is 0.524. The first-order valence-electron chi connectivity index (χ1n) is 4.95. The molecule has 3 heteroatoms. The molecule has 0 unspecified atom stereocenters. The molecule has 1 heterocycles. The van der Waals surface area contributed by atoms with Crippen LogP contribution in [-0.2, 0) is 0 Å². The third kappa shape index (κ3) is 1.83. The van der Waals surface area contributed by atoms with Crippen molar-refractivity contribution in [1.82, 2.24) is 4.98 Å².